The average molecular weight is 846 g/mol. The van der Waals surface area contributed by atoms with Gasteiger partial charge in [-0.2, -0.15) is 0 Å². The number of carbonyl (C=O) groups excluding carboxylic acids is 3. The van der Waals surface area contributed by atoms with E-state index >= 15 is 0 Å². The molecule has 0 heterocycles. The maximum atomic E-state index is 12.8. The Balaban J connectivity index is 4.28. The van der Waals surface area contributed by atoms with Gasteiger partial charge in [0.15, 0.2) is 6.10 Å². The van der Waals surface area contributed by atoms with Crippen LogP contribution in [0.15, 0.2) is 36.5 Å². The summed E-state index contributed by atoms with van der Waals surface area (Å²) < 4.78 is 17.2. The lowest BCUT2D eigenvalue weighted by Crippen LogP contribution is -2.55. The van der Waals surface area contributed by atoms with Crippen LogP contribution in [0.1, 0.15) is 226 Å². The molecule has 0 aromatic rings. The molecule has 0 saturated carbocycles. The number of quaternary nitrogens is 1. The summed E-state index contributed by atoms with van der Waals surface area (Å²) in [5.41, 5.74) is 0. The van der Waals surface area contributed by atoms with Crippen molar-refractivity contribution in [2.75, 3.05) is 41.0 Å². The minimum atomic E-state index is -1.13. The van der Waals surface area contributed by atoms with E-state index in [9.17, 15) is 19.5 Å². The molecule has 0 radical (unpaired) electrons. The third-order valence-electron chi connectivity index (χ3n) is 11.2. The fourth-order valence-electron chi connectivity index (χ4n) is 7.33. The van der Waals surface area contributed by atoms with Crippen LogP contribution in [0.5, 0.6) is 0 Å². The highest BCUT2D eigenvalue weighted by Crippen LogP contribution is 2.15. The molecule has 0 bridgehead atoms. The quantitative estimate of drug-likeness (QED) is 0.0260. The Morgan fingerprint density at radius 2 is 0.883 bits per heavy atom. The number of rotatable bonds is 45. The minimum Gasteiger partial charge on any atom is -0.544 e. The number of aliphatic carboxylic acids is 1. The molecule has 2 unspecified atom stereocenters. The lowest BCUT2D eigenvalue weighted by Gasteiger charge is -2.34. The first kappa shape index (κ1) is 57.5. The number of nitrogens with zero attached hydrogens (tertiary/aromatic N) is 1. The zero-order valence-corrected chi connectivity index (χ0v) is 39.9. The second kappa shape index (κ2) is 43.2. The highest BCUT2D eigenvalue weighted by molar-refractivity contribution is 5.70. The van der Waals surface area contributed by atoms with Crippen LogP contribution in [-0.2, 0) is 28.6 Å². The van der Waals surface area contributed by atoms with E-state index in [-0.39, 0.29) is 42.7 Å². The molecule has 8 nitrogen and oxygen atoms in total. The molecule has 0 aliphatic heterocycles. The maximum Gasteiger partial charge on any atom is 0.306 e. The number of carboxylic acid groups (broad SMARTS) is 1. The second-order valence-corrected chi connectivity index (χ2v) is 18.0. The largest absolute Gasteiger partial charge is 0.544 e. The fraction of sp³-hybridized carbons (Fsp3) is 0.827. The smallest absolute Gasteiger partial charge is 0.306 e. The van der Waals surface area contributed by atoms with Gasteiger partial charge in [-0.15, -0.1) is 0 Å². The molecule has 0 aliphatic carbocycles. The van der Waals surface area contributed by atoms with Crippen LogP contribution in [-0.4, -0.2) is 75.5 Å². The van der Waals surface area contributed by atoms with Crippen LogP contribution in [0, 0.1) is 0 Å². The van der Waals surface area contributed by atoms with E-state index < -0.39 is 18.1 Å². The highest BCUT2D eigenvalue weighted by atomic mass is 16.6. The molecular weight excluding hydrogens is 751 g/mol. The molecule has 0 aliphatic rings. The zero-order chi connectivity index (χ0) is 44.2. The Hall–Kier alpha value is -2.45. The van der Waals surface area contributed by atoms with Crippen molar-refractivity contribution >= 4 is 17.9 Å². The number of hydrogen-bond donors (Lipinski definition) is 0. The van der Waals surface area contributed by atoms with Crippen molar-refractivity contribution in [1.29, 1.82) is 0 Å². The molecule has 0 aromatic heterocycles. The topological polar surface area (TPSA) is 102 Å². The standard InChI is InChI=1S/C52H95NO7/c1-6-8-10-12-14-16-18-20-22-24-26-28-30-32-34-36-38-40-42-50(54)59-47-48(46-58-45-44-49(52(56)57)53(3,4)5)60-51(55)43-41-39-37-35-33-31-29-27-25-23-21-19-17-15-13-11-9-7-2/h17,19,22-25,48-49H,6-16,18,20-21,26-47H2,1-5H3/b19-17-,24-22-,25-23-. The number of hydrogen-bond acceptors (Lipinski definition) is 7. The Morgan fingerprint density at radius 3 is 1.32 bits per heavy atom. The van der Waals surface area contributed by atoms with Gasteiger partial charge in [0.2, 0.25) is 0 Å². The summed E-state index contributed by atoms with van der Waals surface area (Å²) in [5.74, 6) is -1.74. The van der Waals surface area contributed by atoms with Gasteiger partial charge < -0.3 is 28.6 Å². The maximum absolute atomic E-state index is 12.8. The summed E-state index contributed by atoms with van der Waals surface area (Å²) in [6.45, 7) is 4.65. The van der Waals surface area contributed by atoms with Gasteiger partial charge in [0.25, 0.3) is 0 Å². The van der Waals surface area contributed by atoms with E-state index in [4.69, 9.17) is 14.2 Å². The van der Waals surface area contributed by atoms with Crippen LogP contribution in [0.25, 0.3) is 0 Å². The number of carbonyl (C=O) groups is 3. The third kappa shape index (κ3) is 40.9. The number of carboxylic acids is 1. The Bertz CT molecular complexity index is 1080. The van der Waals surface area contributed by atoms with Gasteiger partial charge in [-0.1, -0.05) is 172 Å². The molecule has 0 saturated heterocycles. The Labute approximate surface area is 370 Å². The number of likely N-dealkylation sites (N-methyl/N-ethyl adjacent to an activating group) is 1. The molecule has 0 aromatic carbocycles. The first-order chi connectivity index (χ1) is 29.1. The molecule has 2 atom stereocenters. The van der Waals surface area contributed by atoms with Crippen molar-refractivity contribution in [3.8, 4) is 0 Å². The summed E-state index contributed by atoms with van der Waals surface area (Å²) in [7, 11) is 5.41. The van der Waals surface area contributed by atoms with Crippen molar-refractivity contribution < 1.29 is 38.2 Å². The van der Waals surface area contributed by atoms with Crippen molar-refractivity contribution in [3.05, 3.63) is 36.5 Å². The van der Waals surface area contributed by atoms with Crippen LogP contribution in [0.4, 0.5) is 0 Å². The average Bonchev–Trinajstić information content (AvgIpc) is 3.21. The molecule has 350 valence electrons. The van der Waals surface area contributed by atoms with E-state index in [0.717, 1.165) is 51.4 Å². The third-order valence-corrected chi connectivity index (χ3v) is 11.2. The second-order valence-electron chi connectivity index (χ2n) is 18.0. The molecule has 0 amide bonds. The van der Waals surface area contributed by atoms with Crippen molar-refractivity contribution in [2.45, 2.75) is 238 Å². The predicted molar refractivity (Wildman–Crippen MR) is 250 cm³/mol. The fourth-order valence-corrected chi connectivity index (χ4v) is 7.33. The lowest BCUT2D eigenvalue weighted by atomic mass is 10.1. The van der Waals surface area contributed by atoms with E-state index in [1.54, 1.807) is 21.1 Å². The molecule has 8 heteroatoms. The Morgan fingerprint density at radius 1 is 0.500 bits per heavy atom. The molecule has 60 heavy (non-hydrogen) atoms. The van der Waals surface area contributed by atoms with Crippen LogP contribution < -0.4 is 5.11 Å². The van der Waals surface area contributed by atoms with Crippen LogP contribution >= 0.6 is 0 Å². The molecule has 0 rings (SSSR count). The number of ether oxygens (including phenoxy) is 3. The monoisotopic (exact) mass is 846 g/mol. The summed E-state index contributed by atoms with van der Waals surface area (Å²) in [5, 5.41) is 11.7. The lowest BCUT2D eigenvalue weighted by molar-refractivity contribution is -0.889. The van der Waals surface area contributed by atoms with E-state index in [1.807, 2.05) is 0 Å². The molecule has 0 spiro atoms. The van der Waals surface area contributed by atoms with Gasteiger partial charge in [0, 0.05) is 19.3 Å². The first-order valence-electron chi connectivity index (χ1n) is 25.0. The molecular formula is C52H95NO7. The SMILES string of the molecule is CCCCCC/C=C\C/C=C\CCCCCCCCCC(=O)OC(COCCC(C(=O)[O-])[N+](C)(C)C)COC(=O)CCCCCCCCC/C=C\CCCCCCCCC. The van der Waals surface area contributed by atoms with E-state index in [2.05, 4.69) is 50.3 Å². The van der Waals surface area contributed by atoms with Gasteiger partial charge in [0.05, 0.1) is 40.3 Å². The van der Waals surface area contributed by atoms with Crippen molar-refractivity contribution in [1.82, 2.24) is 0 Å². The first-order valence-corrected chi connectivity index (χ1v) is 25.0. The Kier molecular flexibility index (Phi) is 41.4. The van der Waals surface area contributed by atoms with E-state index in [1.165, 1.54) is 141 Å². The number of esters is 2. The van der Waals surface area contributed by atoms with Gasteiger partial charge in [0.1, 0.15) is 12.6 Å². The number of allylic oxidation sites excluding steroid dienone is 6. The minimum absolute atomic E-state index is 0.0376. The van der Waals surface area contributed by atoms with Gasteiger partial charge in [-0.05, 0) is 70.6 Å². The predicted octanol–water partition coefficient (Wildman–Crippen LogP) is 12.9. The summed E-state index contributed by atoms with van der Waals surface area (Å²) in [4.78, 5) is 37.0. The van der Waals surface area contributed by atoms with Gasteiger partial charge in [-0.3, -0.25) is 9.59 Å². The normalized spacial score (nSPS) is 13.2. The van der Waals surface area contributed by atoms with E-state index in [0.29, 0.717) is 12.8 Å². The summed E-state index contributed by atoms with van der Waals surface area (Å²) in [6.07, 6.45) is 50.2. The van der Waals surface area contributed by atoms with Gasteiger partial charge >= 0.3 is 11.9 Å². The van der Waals surface area contributed by atoms with Crippen LogP contribution in [0.2, 0.25) is 0 Å². The summed E-state index contributed by atoms with van der Waals surface area (Å²) >= 11 is 0. The van der Waals surface area contributed by atoms with Crippen molar-refractivity contribution in [3.63, 3.8) is 0 Å². The van der Waals surface area contributed by atoms with Crippen molar-refractivity contribution in [2.24, 2.45) is 0 Å². The summed E-state index contributed by atoms with van der Waals surface area (Å²) in [6, 6.07) is -0.727. The number of unbranched alkanes of at least 4 members (excludes halogenated alkanes) is 25. The zero-order valence-electron chi connectivity index (χ0n) is 39.9. The molecule has 0 N–H and O–H groups in total. The molecule has 0 fully saturated rings. The van der Waals surface area contributed by atoms with Gasteiger partial charge in [-0.25, -0.2) is 0 Å². The highest BCUT2D eigenvalue weighted by Gasteiger charge is 2.25. The van der Waals surface area contributed by atoms with Crippen LogP contribution in [0.3, 0.4) is 0 Å².